The summed E-state index contributed by atoms with van der Waals surface area (Å²) in [5.74, 6) is 1.40. The number of rotatable bonds is 7. The number of non-ortho nitro benzene ring substituents is 1. The summed E-state index contributed by atoms with van der Waals surface area (Å²) < 4.78 is 5.42. The molecule has 0 spiro atoms. The van der Waals surface area contributed by atoms with Crippen LogP contribution in [0, 0.1) is 22.5 Å². The molecule has 0 bridgehead atoms. The fourth-order valence-electron chi connectivity index (χ4n) is 1.63. The van der Waals surface area contributed by atoms with Crippen molar-refractivity contribution in [1.29, 1.82) is 0 Å². The van der Waals surface area contributed by atoms with Crippen LogP contribution in [0.15, 0.2) is 18.2 Å². The smallest absolute Gasteiger partial charge is 0.327 e. The number of hydrogen-bond donors (Lipinski definition) is 2. The van der Waals surface area contributed by atoms with Gasteiger partial charge in [-0.15, -0.1) is 12.3 Å². The van der Waals surface area contributed by atoms with Gasteiger partial charge in [0.05, 0.1) is 17.1 Å². The van der Waals surface area contributed by atoms with E-state index in [2.05, 4.69) is 11.2 Å². The molecule has 2 N–H and O–H groups in total. The highest BCUT2D eigenvalue weighted by atomic mass is 16.6. The van der Waals surface area contributed by atoms with Gasteiger partial charge in [-0.25, -0.2) is 4.79 Å². The Morgan fingerprint density at radius 3 is 2.67 bits per heavy atom. The van der Waals surface area contributed by atoms with Gasteiger partial charge in [-0.2, -0.15) is 0 Å². The van der Waals surface area contributed by atoms with Gasteiger partial charge in [-0.1, -0.05) is 0 Å². The summed E-state index contributed by atoms with van der Waals surface area (Å²) in [5, 5.41) is 22.6. The third-order valence-electron chi connectivity index (χ3n) is 2.43. The Kier molecular flexibility index (Phi) is 5.55. The average Bonchev–Trinajstić information content (AvgIpc) is 2.36. The summed E-state index contributed by atoms with van der Waals surface area (Å²) in [7, 11) is 0. The monoisotopic (exact) mass is 292 g/mol. The van der Waals surface area contributed by atoms with E-state index in [1.807, 2.05) is 0 Å². The fraction of sp³-hybridized carbons (Fsp3) is 0.357. The molecular weight excluding hydrogens is 276 g/mol. The Morgan fingerprint density at radius 2 is 2.19 bits per heavy atom. The van der Waals surface area contributed by atoms with E-state index in [0.717, 1.165) is 0 Å². The van der Waals surface area contributed by atoms with Crippen molar-refractivity contribution in [3.05, 3.63) is 28.3 Å². The number of anilines is 1. The van der Waals surface area contributed by atoms with Crippen molar-refractivity contribution in [3.63, 3.8) is 0 Å². The molecule has 7 heteroatoms. The number of nitrogens with zero attached hydrogens (tertiary/aromatic N) is 1. The Morgan fingerprint density at radius 1 is 1.52 bits per heavy atom. The van der Waals surface area contributed by atoms with E-state index in [0.29, 0.717) is 0 Å². The lowest BCUT2D eigenvalue weighted by atomic mass is 10.2. The van der Waals surface area contributed by atoms with Crippen molar-refractivity contribution >= 4 is 17.3 Å². The molecule has 1 atom stereocenters. The number of carbonyl (C=O) groups is 1. The van der Waals surface area contributed by atoms with Gasteiger partial charge in [0.25, 0.3) is 5.69 Å². The molecule has 0 saturated heterocycles. The molecular formula is C14H16N2O5. The summed E-state index contributed by atoms with van der Waals surface area (Å²) in [6.07, 6.45) is 4.90. The number of carboxylic acids is 1. The molecule has 0 saturated carbocycles. The zero-order valence-electron chi connectivity index (χ0n) is 11.7. The second kappa shape index (κ2) is 7.14. The molecule has 21 heavy (non-hydrogen) atoms. The number of nitrogens with one attached hydrogen (secondary N) is 1. The third-order valence-corrected chi connectivity index (χ3v) is 2.43. The van der Waals surface area contributed by atoms with Gasteiger partial charge in [0.15, 0.2) is 0 Å². The van der Waals surface area contributed by atoms with Crippen molar-refractivity contribution in [1.82, 2.24) is 0 Å². The van der Waals surface area contributed by atoms with E-state index in [-0.39, 0.29) is 29.6 Å². The third kappa shape index (κ3) is 5.03. The first kappa shape index (κ1) is 16.3. The van der Waals surface area contributed by atoms with Crippen LogP contribution in [-0.4, -0.2) is 28.1 Å². The molecule has 1 aromatic carbocycles. The number of nitro benzene ring substituents is 1. The van der Waals surface area contributed by atoms with E-state index >= 15 is 0 Å². The van der Waals surface area contributed by atoms with Gasteiger partial charge < -0.3 is 15.2 Å². The number of nitro groups is 1. The number of terminal acetylenes is 1. The van der Waals surface area contributed by atoms with Crippen molar-refractivity contribution in [3.8, 4) is 18.1 Å². The second-order valence-corrected chi connectivity index (χ2v) is 4.58. The van der Waals surface area contributed by atoms with Crippen LogP contribution >= 0.6 is 0 Å². The van der Waals surface area contributed by atoms with Gasteiger partial charge in [-0.3, -0.25) is 10.1 Å². The van der Waals surface area contributed by atoms with Crippen molar-refractivity contribution < 1.29 is 19.6 Å². The van der Waals surface area contributed by atoms with Crippen molar-refractivity contribution in [2.45, 2.75) is 32.4 Å². The molecule has 0 amide bonds. The van der Waals surface area contributed by atoms with Crippen LogP contribution < -0.4 is 10.1 Å². The normalized spacial score (nSPS) is 11.5. The van der Waals surface area contributed by atoms with Gasteiger partial charge in [0.2, 0.25) is 0 Å². The number of aliphatic carboxylic acids is 1. The van der Waals surface area contributed by atoms with Crippen LogP contribution in [0.3, 0.4) is 0 Å². The molecule has 0 fully saturated rings. The maximum Gasteiger partial charge on any atom is 0.327 e. The summed E-state index contributed by atoms with van der Waals surface area (Å²) >= 11 is 0. The molecule has 1 unspecified atom stereocenters. The molecule has 0 aliphatic heterocycles. The first-order chi connectivity index (χ1) is 9.83. The van der Waals surface area contributed by atoms with E-state index in [1.165, 1.54) is 18.2 Å². The maximum absolute atomic E-state index is 11.1. The second-order valence-electron chi connectivity index (χ2n) is 4.58. The Labute approximate surface area is 122 Å². The van der Waals surface area contributed by atoms with E-state index in [4.69, 9.17) is 16.3 Å². The lowest BCUT2D eigenvalue weighted by molar-refractivity contribution is -0.384. The summed E-state index contributed by atoms with van der Waals surface area (Å²) in [6, 6.07) is 2.99. The van der Waals surface area contributed by atoms with Crippen LogP contribution in [0.2, 0.25) is 0 Å². The first-order valence-corrected chi connectivity index (χ1v) is 6.22. The van der Waals surface area contributed by atoms with E-state index in [1.54, 1.807) is 13.8 Å². The molecule has 0 aromatic heterocycles. The molecule has 1 rings (SSSR count). The first-order valence-electron chi connectivity index (χ1n) is 6.22. The van der Waals surface area contributed by atoms with Gasteiger partial charge in [0, 0.05) is 24.2 Å². The molecule has 1 aromatic rings. The van der Waals surface area contributed by atoms with Crippen LogP contribution in [0.4, 0.5) is 11.4 Å². The maximum atomic E-state index is 11.1. The lowest BCUT2D eigenvalue weighted by Crippen LogP contribution is -2.28. The topological polar surface area (TPSA) is 102 Å². The summed E-state index contributed by atoms with van der Waals surface area (Å²) in [4.78, 5) is 21.4. The number of benzene rings is 1. The molecule has 112 valence electrons. The quantitative estimate of drug-likeness (QED) is 0.454. The fourth-order valence-corrected chi connectivity index (χ4v) is 1.63. The lowest BCUT2D eigenvalue weighted by Gasteiger charge is -2.15. The Bertz CT molecular complexity index is 577. The predicted molar refractivity (Wildman–Crippen MR) is 77.4 cm³/mol. The van der Waals surface area contributed by atoms with Gasteiger partial charge in [0.1, 0.15) is 11.8 Å². The van der Waals surface area contributed by atoms with E-state index in [9.17, 15) is 14.9 Å². The van der Waals surface area contributed by atoms with Crippen LogP contribution in [0.25, 0.3) is 0 Å². The SMILES string of the molecule is C#CCC(Nc1cc(OC(C)C)cc([N+](=O)[O-])c1)C(=O)O. The number of ether oxygens (including phenoxy) is 1. The summed E-state index contributed by atoms with van der Waals surface area (Å²) in [6.45, 7) is 3.56. The van der Waals surface area contributed by atoms with Gasteiger partial charge >= 0.3 is 5.97 Å². The van der Waals surface area contributed by atoms with E-state index < -0.39 is 16.9 Å². The molecule has 7 nitrogen and oxygen atoms in total. The minimum atomic E-state index is -1.13. The molecule has 0 radical (unpaired) electrons. The highest BCUT2D eigenvalue weighted by molar-refractivity contribution is 5.78. The highest BCUT2D eigenvalue weighted by Crippen LogP contribution is 2.27. The molecule has 0 aliphatic carbocycles. The highest BCUT2D eigenvalue weighted by Gasteiger charge is 2.18. The zero-order valence-corrected chi connectivity index (χ0v) is 11.7. The Hall–Kier alpha value is -2.75. The molecule has 0 aliphatic rings. The average molecular weight is 292 g/mol. The predicted octanol–water partition coefficient (Wildman–Crippen LogP) is 2.27. The van der Waals surface area contributed by atoms with Gasteiger partial charge in [-0.05, 0) is 13.8 Å². The minimum absolute atomic E-state index is 0.0433. The molecule has 0 heterocycles. The van der Waals surface area contributed by atoms with Crippen molar-refractivity contribution in [2.75, 3.05) is 5.32 Å². The minimum Gasteiger partial charge on any atom is -0.491 e. The zero-order chi connectivity index (χ0) is 16.0. The van der Waals surface area contributed by atoms with Crippen molar-refractivity contribution in [2.24, 2.45) is 0 Å². The number of hydrogen-bond acceptors (Lipinski definition) is 5. The Balaban J connectivity index is 3.10. The standard InChI is InChI=1S/C14H16N2O5/c1-4-5-13(14(17)18)15-10-6-11(16(19)20)8-12(7-10)21-9(2)3/h1,6-9,13,15H,5H2,2-3H3,(H,17,18). The van der Waals surface area contributed by atoms with Crippen LogP contribution in [0.5, 0.6) is 5.75 Å². The number of carboxylic acid groups (broad SMARTS) is 1. The van der Waals surface area contributed by atoms with Crippen LogP contribution in [0.1, 0.15) is 20.3 Å². The largest absolute Gasteiger partial charge is 0.491 e. The summed E-state index contributed by atoms with van der Waals surface area (Å²) in [5.41, 5.74) is 0.0722. The van der Waals surface area contributed by atoms with Crippen LogP contribution in [-0.2, 0) is 4.79 Å².